The number of carbonyl (C=O) groups is 1. The molecule has 0 saturated carbocycles. The summed E-state index contributed by atoms with van der Waals surface area (Å²) in [5.74, 6) is -0.0453. The zero-order valence-corrected chi connectivity index (χ0v) is 14.4. The first-order chi connectivity index (χ1) is 10.8. The van der Waals surface area contributed by atoms with Crippen LogP contribution in [0, 0.1) is 11.3 Å². The summed E-state index contributed by atoms with van der Waals surface area (Å²) in [7, 11) is -3.62. The smallest absolute Gasteiger partial charge is 0.243 e. The summed E-state index contributed by atoms with van der Waals surface area (Å²) in [6.07, 6.45) is 0.801. The van der Waals surface area contributed by atoms with E-state index in [4.69, 9.17) is 5.26 Å². The molecule has 23 heavy (non-hydrogen) atoms. The van der Waals surface area contributed by atoms with Crippen LogP contribution in [-0.4, -0.2) is 37.8 Å². The van der Waals surface area contributed by atoms with E-state index in [0.29, 0.717) is 13.0 Å². The van der Waals surface area contributed by atoms with Crippen molar-refractivity contribution in [2.45, 2.75) is 44.6 Å². The zero-order chi connectivity index (χ0) is 17.2. The van der Waals surface area contributed by atoms with Gasteiger partial charge in [-0.15, -0.1) is 0 Å². The van der Waals surface area contributed by atoms with Gasteiger partial charge in [-0.1, -0.05) is 6.92 Å². The van der Waals surface area contributed by atoms with E-state index in [1.165, 1.54) is 17.3 Å². The molecule has 2 rings (SSSR count). The number of anilines is 1. The van der Waals surface area contributed by atoms with Crippen molar-refractivity contribution in [1.82, 2.24) is 4.31 Å². The second-order valence-electron chi connectivity index (χ2n) is 5.64. The number of sulfonamides is 1. The van der Waals surface area contributed by atoms with Gasteiger partial charge in [-0.25, -0.2) is 8.42 Å². The monoisotopic (exact) mass is 335 g/mol. The lowest BCUT2D eigenvalue weighted by Gasteiger charge is -2.21. The Labute approximate surface area is 137 Å². The molecule has 0 fully saturated rings. The third kappa shape index (κ3) is 3.23. The zero-order valence-electron chi connectivity index (χ0n) is 13.6. The Morgan fingerprint density at radius 2 is 2.17 bits per heavy atom. The van der Waals surface area contributed by atoms with E-state index < -0.39 is 10.0 Å². The number of fused-ring (bicyclic) bond motifs is 1. The first-order valence-corrected chi connectivity index (χ1v) is 9.06. The molecule has 1 aliphatic heterocycles. The Kier molecular flexibility index (Phi) is 5.07. The average molecular weight is 335 g/mol. The van der Waals surface area contributed by atoms with Crippen molar-refractivity contribution in [3.8, 4) is 6.07 Å². The number of nitrogens with zero attached hydrogens (tertiary/aromatic N) is 3. The molecule has 124 valence electrons. The number of rotatable bonds is 5. The van der Waals surface area contributed by atoms with Crippen molar-refractivity contribution in [3.05, 3.63) is 23.8 Å². The fraction of sp³-hybridized carbons (Fsp3) is 0.500. The third-order valence-electron chi connectivity index (χ3n) is 4.07. The quantitative estimate of drug-likeness (QED) is 0.823. The van der Waals surface area contributed by atoms with Crippen LogP contribution < -0.4 is 4.90 Å². The summed E-state index contributed by atoms with van der Waals surface area (Å²) in [4.78, 5) is 13.7. The van der Waals surface area contributed by atoms with Gasteiger partial charge in [0.2, 0.25) is 15.9 Å². The highest BCUT2D eigenvalue weighted by Gasteiger charge is 2.31. The van der Waals surface area contributed by atoms with E-state index >= 15 is 0 Å². The van der Waals surface area contributed by atoms with Crippen molar-refractivity contribution in [1.29, 1.82) is 5.26 Å². The van der Waals surface area contributed by atoms with E-state index in [0.717, 1.165) is 11.3 Å². The molecular formula is C16H21N3O3S. The second kappa shape index (κ2) is 6.69. The van der Waals surface area contributed by atoms with Crippen LogP contribution in [0.4, 0.5) is 5.69 Å². The molecule has 1 aromatic rings. The average Bonchev–Trinajstić information content (AvgIpc) is 2.82. The largest absolute Gasteiger partial charge is 0.309 e. The maximum Gasteiger partial charge on any atom is 0.243 e. The molecule has 0 bridgehead atoms. The number of hydrogen-bond acceptors (Lipinski definition) is 4. The van der Waals surface area contributed by atoms with E-state index in [9.17, 15) is 13.2 Å². The Bertz CT molecular complexity index is 752. The maximum absolute atomic E-state index is 12.7. The van der Waals surface area contributed by atoms with E-state index in [-0.39, 0.29) is 29.8 Å². The molecule has 6 nitrogen and oxygen atoms in total. The lowest BCUT2D eigenvalue weighted by molar-refractivity contribution is -0.116. The van der Waals surface area contributed by atoms with Crippen LogP contribution in [0.1, 0.15) is 32.8 Å². The molecule has 7 heteroatoms. The molecule has 0 spiro atoms. The lowest BCUT2D eigenvalue weighted by Crippen LogP contribution is -2.33. The molecule has 1 aromatic carbocycles. The summed E-state index contributed by atoms with van der Waals surface area (Å²) in [6, 6.07) is 6.89. The number of benzene rings is 1. The van der Waals surface area contributed by atoms with Gasteiger partial charge in [0.25, 0.3) is 0 Å². The number of nitriles is 1. The number of hydrogen-bond donors (Lipinski definition) is 0. The summed E-state index contributed by atoms with van der Waals surface area (Å²) in [5, 5.41) is 8.68. The third-order valence-corrected chi connectivity index (χ3v) is 6.04. The Hall–Kier alpha value is -1.91. The van der Waals surface area contributed by atoms with Crippen molar-refractivity contribution >= 4 is 21.6 Å². The molecule has 1 amide bonds. The van der Waals surface area contributed by atoms with Crippen LogP contribution in [0.15, 0.2) is 23.1 Å². The molecule has 1 atom stereocenters. The Morgan fingerprint density at radius 3 is 2.74 bits per heavy atom. The van der Waals surface area contributed by atoms with Gasteiger partial charge < -0.3 is 4.90 Å². The van der Waals surface area contributed by atoms with Crippen molar-refractivity contribution in [3.63, 3.8) is 0 Å². The summed E-state index contributed by atoms with van der Waals surface area (Å²) in [5.41, 5.74) is 1.65. The molecule has 0 N–H and O–H groups in total. The van der Waals surface area contributed by atoms with Gasteiger partial charge in [0.1, 0.15) is 0 Å². The molecule has 0 radical (unpaired) electrons. The number of carbonyl (C=O) groups excluding carboxylic acids is 1. The molecule has 0 saturated heterocycles. The van der Waals surface area contributed by atoms with Crippen LogP contribution >= 0.6 is 0 Å². The highest BCUT2D eigenvalue weighted by atomic mass is 32.2. The predicted octanol–water partition coefficient (Wildman–Crippen LogP) is 1.91. The first kappa shape index (κ1) is 17.4. The predicted molar refractivity (Wildman–Crippen MR) is 87.4 cm³/mol. The van der Waals surface area contributed by atoms with Crippen LogP contribution in [0.25, 0.3) is 0 Å². The Morgan fingerprint density at radius 1 is 1.48 bits per heavy atom. The Balaban J connectivity index is 2.38. The van der Waals surface area contributed by atoms with Gasteiger partial charge in [-0.2, -0.15) is 9.57 Å². The summed E-state index contributed by atoms with van der Waals surface area (Å²) in [6.45, 7) is 5.71. The fourth-order valence-electron chi connectivity index (χ4n) is 3.02. The van der Waals surface area contributed by atoms with E-state index in [1.807, 2.05) is 13.0 Å². The van der Waals surface area contributed by atoms with Crippen LogP contribution in [0.3, 0.4) is 0 Å². The van der Waals surface area contributed by atoms with Gasteiger partial charge in [-0.3, -0.25) is 4.79 Å². The van der Waals surface area contributed by atoms with E-state index in [1.54, 1.807) is 24.0 Å². The topological polar surface area (TPSA) is 81.5 Å². The maximum atomic E-state index is 12.7. The van der Waals surface area contributed by atoms with Crippen LogP contribution in [0.2, 0.25) is 0 Å². The fourth-order valence-corrected chi connectivity index (χ4v) is 4.52. The van der Waals surface area contributed by atoms with Crippen molar-refractivity contribution in [2.24, 2.45) is 0 Å². The summed E-state index contributed by atoms with van der Waals surface area (Å²) < 4.78 is 26.7. The SMILES string of the molecule is CCN(CCC#N)S(=O)(=O)c1ccc2c(c1)CC(C)N2C(C)=O. The highest BCUT2D eigenvalue weighted by Crippen LogP contribution is 2.34. The normalized spacial score (nSPS) is 17.2. The lowest BCUT2D eigenvalue weighted by atomic mass is 10.1. The van der Waals surface area contributed by atoms with Crippen LogP contribution in [-0.2, 0) is 21.2 Å². The van der Waals surface area contributed by atoms with Crippen molar-refractivity contribution in [2.75, 3.05) is 18.0 Å². The number of amides is 1. The van der Waals surface area contributed by atoms with Gasteiger partial charge in [0.15, 0.2) is 0 Å². The highest BCUT2D eigenvalue weighted by molar-refractivity contribution is 7.89. The van der Waals surface area contributed by atoms with Gasteiger partial charge in [0, 0.05) is 38.2 Å². The standard InChI is InChI=1S/C16H21N3O3S/c1-4-18(9-5-8-17)23(21,22)15-6-7-16-14(11-15)10-12(2)19(16)13(3)20/h6-7,11-12H,4-5,9-10H2,1-3H3. The molecular weight excluding hydrogens is 314 g/mol. The molecule has 1 aliphatic rings. The molecule has 0 aliphatic carbocycles. The molecule has 0 aromatic heterocycles. The van der Waals surface area contributed by atoms with Crippen molar-refractivity contribution < 1.29 is 13.2 Å². The first-order valence-electron chi connectivity index (χ1n) is 7.62. The molecule has 1 heterocycles. The van der Waals surface area contributed by atoms with Crippen LogP contribution in [0.5, 0.6) is 0 Å². The van der Waals surface area contributed by atoms with Gasteiger partial charge >= 0.3 is 0 Å². The second-order valence-corrected chi connectivity index (χ2v) is 7.58. The summed E-state index contributed by atoms with van der Waals surface area (Å²) >= 11 is 0. The minimum Gasteiger partial charge on any atom is -0.309 e. The minimum atomic E-state index is -3.62. The van der Waals surface area contributed by atoms with E-state index in [2.05, 4.69) is 0 Å². The van der Waals surface area contributed by atoms with Gasteiger partial charge in [0.05, 0.1) is 11.0 Å². The van der Waals surface area contributed by atoms with Gasteiger partial charge in [-0.05, 0) is 37.1 Å². The molecule has 1 unspecified atom stereocenters. The minimum absolute atomic E-state index is 0.0290.